The first kappa shape index (κ1) is 5.63. The maximum absolute atomic E-state index is 5.58. The Kier molecular flexibility index (Phi) is 1.53. The summed E-state index contributed by atoms with van der Waals surface area (Å²) in [6, 6.07) is 0.142. The van der Waals surface area contributed by atoms with Crippen molar-refractivity contribution in [3.8, 4) is 0 Å². The smallest absolute Gasteiger partial charge is 0.0439 e. The van der Waals surface area contributed by atoms with Crippen molar-refractivity contribution in [1.29, 1.82) is 0 Å². The standard InChI is InChI=1S/C6H12N2/c7-5-3-1-2-4-6(5)8/h3,6H,1-2,4,7-8H2/t6-/m0/s1. The molecule has 0 bridgehead atoms. The zero-order valence-electron chi connectivity index (χ0n) is 4.93. The summed E-state index contributed by atoms with van der Waals surface area (Å²) in [6.07, 6.45) is 5.39. The first-order chi connectivity index (χ1) is 3.80. The molecule has 1 atom stereocenters. The molecule has 2 heteroatoms. The maximum Gasteiger partial charge on any atom is 0.0439 e. The zero-order valence-corrected chi connectivity index (χ0v) is 4.93. The summed E-state index contributed by atoms with van der Waals surface area (Å²) in [5.41, 5.74) is 12.0. The number of rotatable bonds is 0. The Hall–Kier alpha value is -0.500. The normalized spacial score (nSPS) is 29.6. The summed E-state index contributed by atoms with van der Waals surface area (Å²) in [7, 11) is 0. The monoisotopic (exact) mass is 112 g/mol. The van der Waals surface area contributed by atoms with Crippen molar-refractivity contribution in [2.75, 3.05) is 0 Å². The molecule has 0 aliphatic heterocycles. The van der Waals surface area contributed by atoms with E-state index in [1.165, 1.54) is 6.42 Å². The minimum atomic E-state index is 0.142. The Morgan fingerprint density at radius 2 is 2.38 bits per heavy atom. The molecule has 2 nitrogen and oxygen atoms in total. The molecule has 0 saturated heterocycles. The molecular weight excluding hydrogens is 100 g/mol. The van der Waals surface area contributed by atoms with Gasteiger partial charge in [0.25, 0.3) is 0 Å². The highest BCUT2D eigenvalue weighted by Gasteiger charge is 2.08. The van der Waals surface area contributed by atoms with Gasteiger partial charge in [0, 0.05) is 11.7 Å². The van der Waals surface area contributed by atoms with Gasteiger partial charge in [-0.1, -0.05) is 6.08 Å². The highest BCUT2D eigenvalue weighted by molar-refractivity contribution is 5.07. The lowest BCUT2D eigenvalue weighted by atomic mass is 10.0. The summed E-state index contributed by atoms with van der Waals surface area (Å²) in [6.45, 7) is 0. The fourth-order valence-corrected chi connectivity index (χ4v) is 0.925. The van der Waals surface area contributed by atoms with Crippen LogP contribution < -0.4 is 11.5 Å². The van der Waals surface area contributed by atoms with Gasteiger partial charge in [-0.25, -0.2) is 0 Å². The van der Waals surface area contributed by atoms with Crippen LogP contribution in [0.15, 0.2) is 11.8 Å². The average molecular weight is 112 g/mol. The second-order valence-electron chi connectivity index (χ2n) is 2.24. The van der Waals surface area contributed by atoms with Crippen LogP contribution in [0.25, 0.3) is 0 Å². The Morgan fingerprint density at radius 1 is 1.62 bits per heavy atom. The fourth-order valence-electron chi connectivity index (χ4n) is 0.925. The molecule has 1 rings (SSSR count). The van der Waals surface area contributed by atoms with Crippen LogP contribution in [0, 0.1) is 0 Å². The van der Waals surface area contributed by atoms with Gasteiger partial charge in [0.1, 0.15) is 0 Å². The maximum atomic E-state index is 5.58. The van der Waals surface area contributed by atoms with E-state index < -0.39 is 0 Å². The van der Waals surface area contributed by atoms with Crippen molar-refractivity contribution in [2.45, 2.75) is 25.3 Å². The van der Waals surface area contributed by atoms with Gasteiger partial charge < -0.3 is 11.5 Å². The molecule has 46 valence electrons. The molecule has 0 aromatic carbocycles. The van der Waals surface area contributed by atoms with Crippen LogP contribution in [0.3, 0.4) is 0 Å². The Morgan fingerprint density at radius 3 is 2.75 bits per heavy atom. The van der Waals surface area contributed by atoms with Gasteiger partial charge in [-0.2, -0.15) is 0 Å². The summed E-state index contributed by atoms with van der Waals surface area (Å²) in [5, 5.41) is 0. The van der Waals surface area contributed by atoms with E-state index in [0.29, 0.717) is 0 Å². The van der Waals surface area contributed by atoms with Crippen LogP contribution in [0.2, 0.25) is 0 Å². The molecule has 0 aromatic heterocycles. The van der Waals surface area contributed by atoms with E-state index in [2.05, 4.69) is 0 Å². The van der Waals surface area contributed by atoms with Crippen LogP contribution in [0.1, 0.15) is 19.3 Å². The van der Waals surface area contributed by atoms with Gasteiger partial charge in [-0.05, 0) is 19.3 Å². The van der Waals surface area contributed by atoms with Gasteiger partial charge in [-0.15, -0.1) is 0 Å². The van der Waals surface area contributed by atoms with E-state index in [1.807, 2.05) is 6.08 Å². The molecule has 8 heavy (non-hydrogen) atoms. The van der Waals surface area contributed by atoms with E-state index in [1.54, 1.807) is 0 Å². The van der Waals surface area contributed by atoms with E-state index in [9.17, 15) is 0 Å². The number of nitrogens with two attached hydrogens (primary N) is 2. The van der Waals surface area contributed by atoms with E-state index in [0.717, 1.165) is 18.5 Å². The van der Waals surface area contributed by atoms with Crippen LogP contribution in [0.5, 0.6) is 0 Å². The van der Waals surface area contributed by atoms with Crippen molar-refractivity contribution in [3.63, 3.8) is 0 Å². The zero-order chi connectivity index (χ0) is 5.98. The topological polar surface area (TPSA) is 52.0 Å². The molecular formula is C6H12N2. The summed E-state index contributed by atoms with van der Waals surface area (Å²) < 4.78 is 0. The van der Waals surface area contributed by atoms with Gasteiger partial charge in [0.05, 0.1) is 0 Å². The third-order valence-corrected chi connectivity index (χ3v) is 1.53. The van der Waals surface area contributed by atoms with Crippen molar-refractivity contribution in [1.82, 2.24) is 0 Å². The fraction of sp³-hybridized carbons (Fsp3) is 0.667. The predicted molar refractivity (Wildman–Crippen MR) is 34.1 cm³/mol. The van der Waals surface area contributed by atoms with Crippen LogP contribution >= 0.6 is 0 Å². The number of hydrogen-bond acceptors (Lipinski definition) is 2. The first-order valence-corrected chi connectivity index (χ1v) is 3.02. The van der Waals surface area contributed by atoms with Crippen molar-refractivity contribution in [3.05, 3.63) is 11.8 Å². The molecule has 0 saturated carbocycles. The average Bonchev–Trinajstić information content (AvgIpc) is 1.77. The molecule has 0 fully saturated rings. The molecule has 0 amide bonds. The lowest BCUT2D eigenvalue weighted by Gasteiger charge is -2.15. The largest absolute Gasteiger partial charge is 0.401 e. The lowest BCUT2D eigenvalue weighted by molar-refractivity contribution is 0.609. The number of allylic oxidation sites excluding steroid dienone is 1. The van der Waals surface area contributed by atoms with Gasteiger partial charge in [-0.3, -0.25) is 0 Å². The third-order valence-electron chi connectivity index (χ3n) is 1.53. The second-order valence-corrected chi connectivity index (χ2v) is 2.24. The molecule has 1 aliphatic rings. The van der Waals surface area contributed by atoms with Gasteiger partial charge >= 0.3 is 0 Å². The van der Waals surface area contributed by atoms with Crippen molar-refractivity contribution >= 4 is 0 Å². The molecule has 0 radical (unpaired) electrons. The third kappa shape index (κ3) is 1.01. The number of hydrogen-bond donors (Lipinski definition) is 2. The van der Waals surface area contributed by atoms with Crippen LogP contribution in [-0.2, 0) is 0 Å². The Labute approximate surface area is 49.5 Å². The molecule has 4 N–H and O–H groups in total. The Bertz CT molecular complexity index is 107. The summed E-state index contributed by atoms with van der Waals surface area (Å²) in [4.78, 5) is 0. The predicted octanol–water partition coefficient (Wildman–Crippen LogP) is 0.340. The molecule has 0 heterocycles. The molecule has 0 spiro atoms. The molecule has 0 aromatic rings. The van der Waals surface area contributed by atoms with Crippen LogP contribution in [-0.4, -0.2) is 6.04 Å². The van der Waals surface area contributed by atoms with Gasteiger partial charge in [0.15, 0.2) is 0 Å². The Balaban J connectivity index is 2.53. The molecule has 1 aliphatic carbocycles. The SMILES string of the molecule is NC1=CCCC[C@@H]1N. The first-order valence-electron chi connectivity index (χ1n) is 3.02. The molecule has 0 unspecified atom stereocenters. The van der Waals surface area contributed by atoms with E-state index >= 15 is 0 Å². The van der Waals surface area contributed by atoms with E-state index in [4.69, 9.17) is 11.5 Å². The lowest BCUT2D eigenvalue weighted by Crippen LogP contribution is -2.29. The minimum absolute atomic E-state index is 0.142. The van der Waals surface area contributed by atoms with E-state index in [-0.39, 0.29) is 6.04 Å². The van der Waals surface area contributed by atoms with Gasteiger partial charge in [0.2, 0.25) is 0 Å². The summed E-state index contributed by atoms with van der Waals surface area (Å²) >= 11 is 0. The minimum Gasteiger partial charge on any atom is -0.401 e. The quantitative estimate of drug-likeness (QED) is 0.474. The van der Waals surface area contributed by atoms with Crippen LogP contribution in [0.4, 0.5) is 0 Å². The highest BCUT2D eigenvalue weighted by Crippen LogP contribution is 2.11. The van der Waals surface area contributed by atoms with Crippen molar-refractivity contribution in [2.24, 2.45) is 11.5 Å². The van der Waals surface area contributed by atoms with Crippen molar-refractivity contribution < 1.29 is 0 Å². The highest BCUT2D eigenvalue weighted by atomic mass is 14.7. The summed E-state index contributed by atoms with van der Waals surface area (Å²) in [5.74, 6) is 0. The second kappa shape index (κ2) is 2.18.